The van der Waals surface area contributed by atoms with Gasteiger partial charge in [-0.15, -0.1) is 0 Å². The number of likely N-dealkylation sites (tertiary alicyclic amines) is 1. The van der Waals surface area contributed by atoms with Gasteiger partial charge in [0.2, 0.25) is 11.8 Å². The molecule has 0 bridgehead atoms. The van der Waals surface area contributed by atoms with Crippen LogP contribution in [0.3, 0.4) is 0 Å². The van der Waals surface area contributed by atoms with E-state index in [1.54, 1.807) is 4.90 Å². The van der Waals surface area contributed by atoms with Crippen LogP contribution in [0.2, 0.25) is 0 Å². The molecule has 2 amide bonds. The SMILES string of the molecule is CC[C@@H](N)C(=O)N1CCCC(NC(C)=O)C1. The molecule has 1 unspecified atom stereocenters. The molecule has 1 fully saturated rings. The number of nitrogens with zero attached hydrogens (tertiary/aromatic N) is 1. The van der Waals surface area contributed by atoms with E-state index in [-0.39, 0.29) is 17.9 Å². The lowest BCUT2D eigenvalue weighted by Crippen LogP contribution is -2.53. The van der Waals surface area contributed by atoms with Crippen molar-refractivity contribution in [3.05, 3.63) is 0 Å². The van der Waals surface area contributed by atoms with Gasteiger partial charge < -0.3 is 16.0 Å². The predicted molar refractivity (Wildman–Crippen MR) is 61.7 cm³/mol. The fraction of sp³-hybridized carbons (Fsp3) is 0.818. The highest BCUT2D eigenvalue weighted by Crippen LogP contribution is 2.11. The summed E-state index contributed by atoms with van der Waals surface area (Å²) >= 11 is 0. The summed E-state index contributed by atoms with van der Waals surface area (Å²) in [4.78, 5) is 24.6. The molecule has 0 radical (unpaired) electrons. The number of hydrogen-bond acceptors (Lipinski definition) is 3. The Morgan fingerprint density at radius 3 is 2.81 bits per heavy atom. The van der Waals surface area contributed by atoms with Crippen molar-refractivity contribution < 1.29 is 9.59 Å². The number of hydrogen-bond donors (Lipinski definition) is 2. The third-order valence-electron chi connectivity index (χ3n) is 2.90. The molecular formula is C11H21N3O2. The van der Waals surface area contributed by atoms with Gasteiger partial charge in [0, 0.05) is 26.1 Å². The summed E-state index contributed by atoms with van der Waals surface area (Å²) in [6, 6.07) is -0.324. The van der Waals surface area contributed by atoms with Crippen LogP contribution in [0.4, 0.5) is 0 Å². The lowest BCUT2D eigenvalue weighted by Gasteiger charge is -2.34. The summed E-state index contributed by atoms with van der Waals surface area (Å²) in [7, 11) is 0. The topological polar surface area (TPSA) is 75.4 Å². The van der Waals surface area contributed by atoms with E-state index >= 15 is 0 Å². The average molecular weight is 227 g/mol. The summed E-state index contributed by atoms with van der Waals surface area (Å²) in [6.07, 6.45) is 2.51. The standard InChI is InChI=1S/C11H21N3O2/c1-3-10(12)11(16)14-6-4-5-9(7-14)13-8(2)15/h9-10H,3-7,12H2,1-2H3,(H,13,15)/t9?,10-/m1/s1. The van der Waals surface area contributed by atoms with Crippen molar-refractivity contribution in [3.8, 4) is 0 Å². The Balaban J connectivity index is 2.49. The first kappa shape index (κ1) is 13.0. The van der Waals surface area contributed by atoms with Crippen molar-refractivity contribution >= 4 is 11.8 Å². The number of rotatable bonds is 3. The van der Waals surface area contributed by atoms with Gasteiger partial charge in [-0.1, -0.05) is 6.92 Å². The maximum Gasteiger partial charge on any atom is 0.239 e. The van der Waals surface area contributed by atoms with Crippen LogP contribution in [0.15, 0.2) is 0 Å². The van der Waals surface area contributed by atoms with Gasteiger partial charge >= 0.3 is 0 Å². The zero-order valence-corrected chi connectivity index (χ0v) is 10.0. The van der Waals surface area contributed by atoms with Gasteiger partial charge in [0.1, 0.15) is 0 Å². The van der Waals surface area contributed by atoms with Crippen LogP contribution < -0.4 is 11.1 Å². The smallest absolute Gasteiger partial charge is 0.239 e. The fourth-order valence-corrected chi connectivity index (χ4v) is 1.99. The van der Waals surface area contributed by atoms with Crippen molar-refractivity contribution in [1.82, 2.24) is 10.2 Å². The third-order valence-corrected chi connectivity index (χ3v) is 2.90. The van der Waals surface area contributed by atoms with E-state index in [0.717, 1.165) is 19.4 Å². The second kappa shape index (κ2) is 5.84. The minimum Gasteiger partial charge on any atom is -0.352 e. The van der Waals surface area contributed by atoms with Crippen LogP contribution in [-0.2, 0) is 9.59 Å². The van der Waals surface area contributed by atoms with E-state index in [0.29, 0.717) is 13.0 Å². The molecule has 1 aliphatic rings. The van der Waals surface area contributed by atoms with Crippen LogP contribution in [-0.4, -0.2) is 41.9 Å². The zero-order chi connectivity index (χ0) is 12.1. The van der Waals surface area contributed by atoms with E-state index < -0.39 is 6.04 Å². The van der Waals surface area contributed by atoms with Crippen LogP contribution in [0.1, 0.15) is 33.1 Å². The molecule has 0 aromatic heterocycles. The van der Waals surface area contributed by atoms with Crippen LogP contribution in [0.25, 0.3) is 0 Å². The van der Waals surface area contributed by atoms with Gasteiger partial charge in [0.15, 0.2) is 0 Å². The molecule has 92 valence electrons. The summed E-state index contributed by atoms with van der Waals surface area (Å²) in [5, 5.41) is 2.85. The highest BCUT2D eigenvalue weighted by Gasteiger charge is 2.26. The van der Waals surface area contributed by atoms with E-state index in [4.69, 9.17) is 5.73 Å². The molecule has 1 saturated heterocycles. The van der Waals surface area contributed by atoms with Crippen molar-refractivity contribution in [2.24, 2.45) is 5.73 Å². The monoisotopic (exact) mass is 227 g/mol. The first-order valence-corrected chi connectivity index (χ1v) is 5.86. The van der Waals surface area contributed by atoms with E-state index in [1.165, 1.54) is 6.92 Å². The molecule has 2 atom stereocenters. The maximum absolute atomic E-state index is 11.8. The number of carbonyl (C=O) groups is 2. The highest BCUT2D eigenvalue weighted by atomic mass is 16.2. The molecule has 0 aromatic rings. The minimum absolute atomic E-state index is 0.00227. The number of nitrogens with two attached hydrogens (primary N) is 1. The van der Waals surface area contributed by atoms with Crippen molar-refractivity contribution in [2.45, 2.75) is 45.2 Å². The van der Waals surface area contributed by atoms with E-state index in [2.05, 4.69) is 5.32 Å². The molecule has 0 aliphatic carbocycles. The molecule has 1 heterocycles. The number of amides is 2. The molecule has 0 aromatic carbocycles. The lowest BCUT2D eigenvalue weighted by molar-refractivity contribution is -0.134. The Morgan fingerprint density at radius 1 is 1.56 bits per heavy atom. The van der Waals surface area contributed by atoms with Gasteiger partial charge in [0.25, 0.3) is 0 Å². The average Bonchev–Trinajstić information content (AvgIpc) is 2.26. The Morgan fingerprint density at radius 2 is 2.25 bits per heavy atom. The van der Waals surface area contributed by atoms with Gasteiger partial charge in [-0.25, -0.2) is 0 Å². The molecule has 0 spiro atoms. The number of piperidine rings is 1. The molecule has 1 rings (SSSR count). The quantitative estimate of drug-likeness (QED) is 0.704. The van der Waals surface area contributed by atoms with Crippen LogP contribution in [0, 0.1) is 0 Å². The Bertz CT molecular complexity index is 268. The Labute approximate surface area is 96.4 Å². The number of nitrogens with one attached hydrogen (secondary N) is 1. The Kier molecular flexibility index (Phi) is 4.73. The molecule has 16 heavy (non-hydrogen) atoms. The maximum atomic E-state index is 11.8. The van der Waals surface area contributed by atoms with Crippen molar-refractivity contribution in [3.63, 3.8) is 0 Å². The molecular weight excluding hydrogens is 206 g/mol. The molecule has 5 heteroatoms. The first-order chi connectivity index (χ1) is 7.54. The van der Waals surface area contributed by atoms with Crippen molar-refractivity contribution in [1.29, 1.82) is 0 Å². The summed E-state index contributed by atoms with van der Waals surface area (Å²) in [6.45, 7) is 4.74. The largest absolute Gasteiger partial charge is 0.352 e. The van der Waals surface area contributed by atoms with E-state index in [9.17, 15) is 9.59 Å². The molecule has 0 saturated carbocycles. The van der Waals surface area contributed by atoms with E-state index in [1.807, 2.05) is 6.92 Å². The highest BCUT2D eigenvalue weighted by molar-refractivity contribution is 5.81. The summed E-state index contributed by atoms with van der Waals surface area (Å²) in [5.74, 6) is -0.0448. The predicted octanol–water partition coefficient (Wildman–Crippen LogP) is -0.149. The van der Waals surface area contributed by atoms with Gasteiger partial charge in [-0.3, -0.25) is 9.59 Å². The third kappa shape index (κ3) is 3.48. The zero-order valence-electron chi connectivity index (χ0n) is 10.0. The number of carbonyl (C=O) groups excluding carboxylic acids is 2. The normalized spacial score (nSPS) is 22.7. The lowest BCUT2D eigenvalue weighted by atomic mass is 10.0. The van der Waals surface area contributed by atoms with Gasteiger partial charge in [0.05, 0.1) is 6.04 Å². The van der Waals surface area contributed by atoms with Gasteiger partial charge in [-0.05, 0) is 19.3 Å². The molecule has 1 aliphatic heterocycles. The van der Waals surface area contributed by atoms with Crippen LogP contribution >= 0.6 is 0 Å². The van der Waals surface area contributed by atoms with Crippen LogP contribution in [0.5, 0.6) is 0 Å². The second-order valence-corrected chi connectivity index (χ2v) is 4.34. The minimum atomic E-state index is -0.406. The van der Waals surface area contributed by atoms with Gasteiger partial charge in [-0.2, -0.15) is 0 Å². The van der Waals surface area contributed by atoms with Crippen molar-refractivity contribution in [2.75, 3.05) is 13.1 Å². The first-order valence-electron chi connectivity index (χ1n) is 5.86. The fourth-order valence-electron chi connectivity index (χ4n) is 1.99. The second-order valence-electron chi connectivity index (χ2n) is 4.34. The summed E-state index contributed by atoms with van der Waals surface area (Å²) < 4.78 is 0. The molecule has 5 nitrogen and oxygen atoms in total. The summed E-state index contributed by atoms with van der Waals surface area (Å²) in [5.41, 5.74) is 5.72. The Hall–Kier alpha value is -1.10. The molecule has 3 N–H and O–H groups in total.